The third-order valence-electron chi connectivity index (χ3n) is 5.41. The lowest BCUT2D eigenvalue weighted by Crippen LogP contribution is -2.35. The zero-order chi connectivity index (χ0) is 21.8. The molecule has 160 valence electrons. The maximum Gasteiger partial charge on any atom is 0.256 e. The fourth-order valence-electron chi connectivity index (χ4n) is 3.68. The van der Waals surface area contributed by atoms with Gasteiger partial charge in [-0.15, -0.1) is 10.2 Å². The number of ether oxygens (including phenoxy) is 1. The summed E-state index contributed by atoms with van der Waals surface area (Å²) in [5, 5.41) is 12.1. The molecule has 0 unspecified atom stereocenters. The molecule has 1 fully saturated rings. The van der Waals surface area contributed by atoms with Gasteiger partial charge in [0.15, 0.2) is 5.82 Å². The van der Waals surface area contributed by atoms with E-state index in [2.05, 4.69) is 30.4 Å². The molecule has 8 heteroatoms. The predicted octanol–water partition coefficient (Wildman–Crippen LogP) is 3.17. The van der Waals surface area contributed by atoms with Gasteiger partial charge in [0.1, 0.15) is 0 Å². The summed E-state index contributed by atoms with van der Waals surface area (Å²) in [7, 11) is 0. The van der Waals surface area contributed by atoms with Crippen LogP contribution in [-0.4, -0.2) is 57.3 Å². The van der Waals surface area contributed by atoms with E-state index >= 15 is 0 Å². The number of nitrogens with zero attached hydrogens (tertiary/aromatic N) is 5. The van der Waals surface area contributed by atoms with Crippen LogP contribution in [-0.2, 0) is 11.3 Å². The molecule has 1 saturated heterocycles. The van der Waals surface area contributed by atoms with Crippen molar-refractivity contribution in [3.8, 4) is 11.3 Å². The van der Waals surface area contributed by atoms with Crippen LogP contribution in [0.3, 0.4) is 0 Å². The van der Waals surface area contributed by atoms with Gasteiger partial charge in [0.25, 0.3) is 5.91 Å². The lowest BCUT2D eigenvalue weighted by Gasteiger charge is -2.26. The van der Waals surface area contributed by atoms with Crippen molar-refractivity contribution >= 4 is 22.6 Å². The van der Waals surface area contributed by atoms with E-state index in [0.717, 1.165) is 55.0 Å². The van der Waals surface area contributed by atoms with Crippen LogP contribution in [0, 0.1) is 0 Å². The second-order valence-corrected chi connectivity index (χ2v) is 7.63. The molecule has 8 nitrogen and oxygen atoms in total. The van der Waals surface area contributed by atoms with Crippen LogP contribution in [0.5, 0.6) is 0 Å². The van der Waals surface area contributed by atoms with Crippen molar-refractivity contribution in [3.05, 3.63) is 78.2 Å². The van der Waals surface area contributed by atoms with E-state index in [1.807, 2.05) is 48.5 Å². The zero-order valence-corrected chi connectivity index (χ0v) is 17.4. The SMILES string of the molecule is O=C(Nc1cc2cc(-c3cnccn3)ccc2nn1)c1ccc(CN2CCOCC2)cc1. The predicted molar refractivity (Wildman–Crippen MR) is 121 cm³/mol. The van der Waals surface area contributed by atoms with Crippen molar-refractivity contribution in [1.29, 1.82) is 0 Å². The first-order valence-corrected chi connectivity index (χ1v) is 10.5. The van der Waals surface area contributed by atoms with Crippen LogP contribution >= 0.6 is 0 Å². The highest BCUT2D eigenvalue weighted by molar-refractivity contribution is 6.04. The summed E-state index contributed by atoms with van der Waals surface area (Å²) >= 11 is 0. The van der Waals surface area contributed by atoms with Gasteiger partial charge in [-0.1, -0.05) is 18.2 Å². The van der Waals surface area contributed by atoms with Crippen molar-refractivity contribution in [2.45, 2.75) is 6.54 Å². The van der Waals surface area contributed by atoms with E-state index in [4.69, 9.17) is 4.74 Å². The summed E-state index contributed by atoms with van der Waals surface area (Å²) in [4.78, 5) is 23.5. The molecule has 1 aliphatic rings. The van der Waals surface area contributed by atoms with Crippen molar-refractivity contribution in [1.82, 2.24) is 25.1 Å². The summed E-state index contributed by atoms with van der Waals surface area (Å²) in [5.74, 6) is 0.179. The number of amides is 1. The fraction of sp³-hybridized carbons (Fsp3) is 0.208. The number of benzene rings is 2. The quantitative estimate of drug-likeness (QED) is 0.524. The smallest absolute Gasteiger partial charge is 0.256 e. The van der Waals surface area contributed by atoms with E-state index in [0.29, 0.717) is 11.4 Å². The molecule has 4 aromatic rings. The molecular formula is C24H22N6O2. The Hall–Kier alpha value is -3.75. The maximum absolute atomic E-state index is 12.7. The first-order valence-electron chi connectivity index (χ1n) is 10.5. The van der Waals surface area contributed by atoms with Gasteiger partial charge in [0.2, 0.25) is 0 Å². The average Bonchev–Trinajstić information content (AvgIpc) is 2.85. The topological polar surface area (TPSA) is 93.1 Å². The summed E-state index contributed by atoms with van der Waals surface area (Å²) in [5.41, 5.74) is 4.18. The largest absolute Gasteiger partial charge is 0.379 e. The van der Waals surface area contributed by atoms with Gasteiger partial charge in [0.05, 0.1) is 30.6 Å². The van der Waals surface area contributed by atoms with Crippen LogP contribution in [0.1, 0.15) is 15.9 Å². The number of fused-ring (bicyclic) bond motifs is 1. The monoisotopic (exact) mass is 426 g/mol. The number of morpholine rings is 1. The number of rotatable bonds is 5. The van der Waals surface area contributed by atoms with Gasteiger partial charge in [-0.2, -0.15) is 0 Å². The molecule has 2 aromatic heterocycles. The van der Waals surface area contributed by atoms with E-state index in [1.165, 1.54) is 5.56 Å². The number of carbonyl (C=O) groups excluding carboxylic acids is 1. The Kier molecular flexibility index (Phi) is 5.78. The molecule has 1 amide bonds. The average molecular weight is 426 g/mol. The van der Waals surface area contributed by atoms with Crippen molar-refractivity contribution < 1.29 is 9.53 Å². The van der Waals surface area contributed by atoms with Gasteiger partial charge in [-0.3, -0.25) is 19.7 Å². The molecular weight excluding hydrogens is 404 g/mol. The number of nitrogens with one attached hydrogen (secondary N) is 1. The lowest BCUT2D eigenvalue weighted by atomic mass is 10.1. The minimum Gasteiger partial charge on any atom is -0.379 e. The van der Waals surface area contributed by atoms with Crippen molar-refractivity contribution in [2.75, 3.05) is 31.6 Å². The Morgan fingerprint density at radius 3 is 2.62 bits per heavy atom. The molecule has 0 aliphatic carbocycles. The number of hydrogen-bond acceptors (Lipinski definition) is 7. The van der Waals surface area contributed by atoms with Gasteiger partial charge in [-0.05, 0) is 35.9 Å². The number of carbonyl (C=O) groups is 1. The van der Waals surface area contributed by atoms with Crippen LogP contribution in [0.4, 0.5) is 5.82 Å². The number of anilines is 1. The highest BCUT2D eigenvalue weighted by Crippen LogP contribution is 2.22. The molecule has 0 saturated carbocycles. The Morgan fingerprint density at radius 2 is 1.84 bits per heavy atom. The molecule has 1 N–H and O–H groups in total. The van der Waals surface area contributed by atoms with E-state index in [1.54, 1.807) is 18.6 Å². The molecule has 0 spiro atoms. The second kappa shape index (κ2) is 9.17. The van der Waals surface area contributed by atoms with Gasteiger partial charge < -0.3 is 10.1 Å². The fourth-order valence-corrected chi connectivity index (χ4v) is 3.68. The highest BCUT2D eigenvalue weighted by Gasteiger charge is 2.12. The van der Waals surface area contributed by atoms with Gasteiger partial charge >= 0.3 is 0 Å². The number of aromatic nitrogens is 4. The third kappa shape index (κ3) is 4.61. The normalized spacial score (nSPS) is 14.4. The Morgan fingerprint density at radius 1 is 1.00 bits per heavy atom. The zero-order valence-electron chi connectivity index (χ0n) is 17.4. The first kappa shape index (κ1) is 20.2. The summed E-state index contributed by atoms with van der Waals surface area (Å²) in [6.45, 7) is 4.26. The van der Waals surface area contributed by atoms with E-state index < -0.39 is 0 Å². The lowest BCUT2D eigenvalue weighted by molar-refractivity contribution is 0.0342. The number of hydrogen-bond donors (Lipinski definition) is 1. The molecule has 0 radical (unpaired) electrons. The highest BCUT2D eigenvalue weighted by atomic mass is 16.5. The molecule has 32 heavy (non-hydrogen) atoms. The minimum absolute atomic E-state index is 0.221. The molecule has 0 atom stereocenters. The van der Waals surface area contributed by atoms with Crippen LogP contribution in [0.15, 0.2) is 67.1 Å². The molecule has 5 rings (SSSR count). The van der Waals surface area contributed by atoms with Gasteiger partial charge in [-0.25, -0.2) is 0 Å². The summed E-state index contributed by atoms with van der Waals surface area (Å²) < 4.78 is 5.39. The van der Waals surface area contributed by atoms with Crippen LogP contribution in [0.25, 0.3) is 22.2 Å². The Labute approximate surface area is 185 Å². The standard InChI is InChI=1S/C24H22N6O2/c31-24(18-3-1-17(2-4-18)16-30-9-11-32-12-10-30)27-23-14-20-13-19(5-6-21(20)28-29-23)22-15-25-7-8-26-22/h1-8,13-15H,9-12,16H2,(H,27,29,31). The van der Waals surface area contributed by atoms with E-state index in [-0.39, 0.29) is 5.91 Å². The van der Waals surface area contributed by atoms with Crippen LogP contribution < -0.4 is 5.32 Å². The molecule has 0 bridgehead atoms. The maximum atomic E-state index is 12.7. The first-order chi connectivity index (χ1) is 15.7. The minimum atomic E-state index is -0.221. The Balaban J connectivity index is 1.29. The van der Waals surface area contributed by atoms with Crippen molar-refractivity contribution in [2.24, 2.45) is 0 Å². The Bertz CT molecular complexity index is 1220. The van der Waals surface area contributed by atoms with Crippen LogP contribution in [0.2, 0.25) is 0 Å². The van der Waals surface area contributed by atoms with E-state index in [9.17, 15) is 4.79 Å². The third-order valence-corrected chi connectivity index (χ3v) is 5.41. The van der Waals surface area contributed by atoms with Crippen molar-refractivity contribution in [3.63, 3.8) is 0 Å². The summed E-state index contributed by atoms with van der Waals surface area (Å²) in [6.07, 6.45) is 5.00. The molecule has 3 heterocycles. The molecule has 2 aromatic carbocycles. The van der Waals surface area contributed by atoms with Gasteiger partial charge in [0, 0.05) is 48.5 Å². The second-order valence-electron chi connectivity index (χ2n) is 7.63. The molecule has 1 aliphatic heterocycles. The summed E-state index contributed by atoms with van der Waals surface area (Å²) in [6, 6.07) is 15.2.